The number of aromatic nitrogens is 1. The molecule has 1 aromatic heterocycles. The number of aromatic amines is 1. The fourth-order valence-electron chi connectivity index (χ4n) is 3.72. The number of hydrogen-bond donors (Lipinski definition) is 2. The van der Waals surface area contributed by atoms with E-state index < -0.39 is 0 Å². The topological polar surface area (TPSA) is 48.1 Å². The van der Waals surface area contributed by atoms with Crippen LogP contribution in [-0.2, 0) is 11.2 Å². The van der Waals surface area contributed by atoms with E-state index in [-0.39, 0.29) is 11.8 Å². The fraction of sp³-hybridized carbons (Fsp3) is 0.227. The van der Waals surface area contributed by atoms with Gasteiger partial charge in [0.05, 0.1) is 5.92 Å². The van der Waals surface area contributed by atoms with Crippen molar-refractivity contribution in [3.8, 4) is 0 Å². The molecule has 1 aliphatic heterocycles. The minimum Gasteiger partial charge on any atom is -0.388 e. The minimum absolute atomic E-state index is 0.0821. The second-order valence-corrected chi connectivity index (χ2v) is 7.89. The van der Waals surface area contributed by atoms with Gasteiger partial charge in [-0.3, -0.25) is 4.79 Å². The van der Waals surface area contributed by atoms with Gasteiger partial charge in [-0.25, -0.2) is 0 Å². The molecule has 0 saturated carbocycles. The summed E-state index contributed by atoms with van der Waals surface area (Å²) in [5, 5.41) is 5.86. The number of nitrogens with one attached hydrogen (secondary N) is 2. The number of benzene rings is 2. The Kier molecular flexibility index (Phi) is 5.33. The van der Waals surface area contributed by atoms with Crippen LogP contribution in [0.25, 0.3) is 10.9 Å². The number of amides is 1. The van der Waals surface area contributed by atoms with Crippen LogP contribution < -0.4 is 10.2 Å². The van der Waals surface area contributed by atoms with Gasteiger partial charge in [-0.05, 0) is 60.9 Å². The highest BCUT2D eigenvalue weighted by molar-refractivity contribution is 6.31. The quantitative estimate of drug-likeness (QED) is 0.585. The molecule has 1 saturated heterocycles. The summed E-state index contributed by atoms with van der Waals surface area (Å²) < 4.78 is 0. The van der Waals surface area contributed by atoms with Gasteiger partial charge in [-0.15, -0.1) is 0 Å². The lowest BCUT2D eigenvalue weighted by atomic mass is 10.0. The zero-order valence-corrected chi connectivity index (χ0v) is 16.9. The van der Waals surface area contributed by atoms with Crippen molar-refractivity contribution in [3.05, 3.63) is 76.5 Å². The molecule has 3 aromatic rings. The van der Waals surface area contributed by atoms with Crippen LogP contribution in [0.5, 0.6) is 0 Å². The molecule has 1 aliphatic rings. The lowest BCUT2D eigenvalue weighted by Crippen LogP contribution is -2.31. The van der Waals surface area contributed by atoms with Gasteiger partial charge in [0.15, 0.2) is 0 Å². The van der Waals surface area contributed by atoms with Crippen LogP contribution in [-0.4, -0.2) is 24.0 Å². The first-order valence-corrected chi connectivity index (χ1v) is 10.0. The summed E-state index contributed by atoms with van der Waals surface area (Å²) in [6.45, 7) is 5.51. The molecule has 1 amide bonds. The Balaban J connectivity index is 1.35. The number of carbonyl (C=O) groups is 1. The molecule has 2 N–H and O–H groups in total. The molecule has 28 heavy (non-hydrogen) atoms. The molecule has 2 aromatic carbocycles. The van der Waals surface area contributed by atoms with Crippen molar-refractivity contribution >= 4 is 45.7 Å². The van der Waals surface area contributed by atoms with E-state index in [1.54, 1.807) is 17.0 Å². The number of anilines is 1. The molecule has 4 rings (SSSR count). The highest BCUT2D eigenvalue weighted by Gasteiger charge is 2.34. The summed E-state index contributed by atoms with van der Waals surface area (Å²) in [6.07, 6.45) is 3.59. The van der Waals surface area contributed by atoms with Crippen LogP contribution in [0, 0.1) is 5.92 Å². The highest BCUT2D eigenvalue weighted by atomic mass is 35.5. The average molecular weight is 414 g/mol. The first kappa shape index (κ1) is 18.9. The summed E-state index contributed by atoms with van der Waals surface area (Å²) in [7, 11) is 0. The lowest BCUT2D eigenvalue weighted by Gasteiger charge is -2.18. The monoisotopic (exact) mass is 413 g/mol. The molecule has 1 unspecified atom stereocenters. The van der Waals surface area contributed by atoms with Crippen LogP contribution in [0.1, 0.15) is 12.0 Å². The molecular weight excluding hydrogens is 393 g/mol. The minimum atomic E-state index is -0.201. The number of halogens is 2. The van der Waals surface area contributed by atoms with Gasteiger partial charge < -0.3 is 15.2 Å². The SMILES string of the molecule is C=C(NCCc1c[nH]c2ccc(Cl)cc12)C1CCN(c2ccc(Cl)cc2)C1=O. The van der Waals surface area contributed by atoms with Gasteiger partial charge in [0.25, 0.3) is 0 Å². The number of H-pyrrole nitrogens is 1. The molecule has 144 valence electrons. The molecule has 4 nitrogen and oxygen atoms in total. The zero-order chi connectivity index (χ0) is 19.7. The van der Waals surface area contributed by atoms with E-state index in [1.807, 2.05) is 36.5 Å². The smallest absolute Gasteiger partial charge is 0.236 e. The van der Waals surface area contributed by atoms with Gasteiger partial charge in [0.1, 0.15) is 0 Å². The second-order valence-electron chi connectivity index (χ2n) is 7.01. The van der Waals surface area contributed by atoms with E-state index in [2.05, 4.69) is 16.9 Å². The van der Waals surface area contributed by atoms with Crippen molar-refractivity contribution in [3.63, 3.8) is 0 Å². The summed E-state index contributed by atoms with van der Waals surface area (Å²) in [5.74, 6) is -0.119. The maximum absolute atomic E-state index is 12.8. The number of carbonyl (C=O) groups excluding carboxylic acids is 1. The van der Waals surface area contributed by atoms with Crippen molar-refractivity contribution in [1.82, 2.24) is 10.3 Å². The Morgan fingerprint density at radius 2 is 1.93 bits per heavy atom. The van der Waals surface area contributed by atoms with Crippen molar-refractivity contribution in [2.75, 3.05) is 18.0 Å². The van der Waals surface area contributed by atoms with Gasteiger partial charge in [-0.1, -0.05) is 29.8 Å². The molecule has 0 radical (unpaired) electrons. The Labute approximate surface area is 174 Å². The number of hydrogen-bond acceptors (Lipinski definition) is 2. The first-order valence-electron chi connectivity index (χ1n) is 9.28. The largest absolute Gasteiger partial charge is 0.388 e. The molecule has 0 spiro atoms. The van der Waals surface area contributed by atoms with Crippen molar-refractivity contribution in [1.29, 1.82) is 0 Å². The lowest BCUT2D eigenvalue weighted by molar-refractivity contribution is -0.119. The maximum Gasteiger partial charge on any atom is 0.236 e. The predicted octanol–water partition coefficient (Wildman–Crippen LogP) is 5.17. The Hall–Kier alpha value is -2.43. The van der Waals surface area contributed by atoms with Crippen molar-refractivity contribution in [2.24, 2.45) is 5.92 Å². The molecule has 0 bridgehead atoms. The molecule has 6 heteroatoms. The number of fused-ring (bicyclic) bond motifs is 1. The van der Waals surface area contributed by atoms with Gasteiger partial charge in [-0.2, -0.15) is 0 Å². The summed E-state index contributed by atoms with van der Waals surface area (Å²) >= 11 is 12.1. The number of nitrogens with zero attached hydrogens (tertiary/aromatic N) is 1. The van der Waals surface area contributed by atoms with Crippen LogP contribution in [0.2, 0.25) is 10.0 Å². The van der Waals surface area contributed by atoms with Gasteiger partial charge in [0, 0.05) is 51.6 Å². The summed E-state index contributed by atoms with van der Waals surface area (Å²) in [6, 6.07) is 13.2. The molecule has 0 aliphatic carbocycles. The predicted molar refractivity (Wildman–Crippen MR) is 116 cm³/mol. The van der Waals surface area contributed by atoms with E-state index in [0.717, 1.165) is 40.2 Å². The van der Waals surface area contributed by atoms with E-state index in [0.29, 0.717) is 18.1 Å². The van der Waals surface area contributed by atoms with E-state index in [4.69, 9.17) is 23.2 Å². The molecular formula is C22H21Cl2N3O. The molecule has 2 heterocycles. The summed E-state index contributed by atoms with van der Waals surface area (Å²) in [4.78, 5) is 17.9. The molecule has 1 fully saturated rings. The zero-order valence-electron chi connectivity index (χ0n) is 15.3. The van der Waals surface area contributed by atoms with Gasteiger partial charge in [0.2, 0.25) is 5.91 Å². The highest BCUT2D eigenvalue weighted by Crippen LogP contribution is 2.29. The van der Waals surface area contributed by atoms with E-state index in [9.17, 15) is 4.79 Å². The Morgan fingerprint density at radius 1 is 1.18 bits per heavy atom. The van der Waals surface area contributed by atoms with E-state index >= 15 is 0 Å². The van der Waals surface area contributed by atoms with Crippen molar-refractivity contribution < 1.29 is 4.79 Å². The third kappa shape index (κ3) is 3.75. The van der Waals surface area contributed by atoms with Gasteiger partial charge >= 0.3 is 0 Å². The van der Waals surface area contributed by atoms with Crippen LogP contribution in [0.4, 0.5) is 5.69 Å². The summed E-state index contributed by atoms with van der Waals surface area (Å²) in [5.41, 5.74) is 3.92. The van der Waals surface area contributed by atoms with Crippen LogP contribution >= 0.6 is 23.2 Å². The number of rotatable bonds is 6. The van der Waals surface area contributed by atoms with Crippen molar-refractivity contribution in [2.45, 2.75) is 12.8 Å². The fourth-order valence-corrected chi connectivity index (χ4v) is 4.02. The second kappa shape index (κ2) is 7.90. The molecule has 1 atom stereocenters. The Bertz CT molecular complexity index is 1030. The average Bonchev–Trinajstić information content (AvgIpc) is 3.26. The third-order valence-electron chi connectivity index (χ3n) is 5.24. The normalized spacial score (nSPS) is 16.7. The third-order valence-corrected chi connectivity index (χ3v) is 5.73. The Morgan fingerprint density at radius 3 is 2.71 bits per heavy atom. The van der Waals surface area contributed by atoms with E-state index in [1.165, 1.54) is 5.56 Å². The first-order chi connectivity index (χ1) is 13.5. The standard InChI is InChI=1S/C22H21Cl2N3O/c1-14(19-9-11-27(22(19)28)18-5-2-16(23)3-6-18)25-10-8-15-13-26-21-7-4-17(24)12-20(15)21/h2-7,12-13,19,25-26H,1,8-11H2. The van der Waals surface area contributed by atoms with Crippen LogP contribution in [0.3, 0.4) is 0 Å². The van der Waals surface area contributed by atoms with Crippen LogP contribution in [0.15, 0.2) is 60.9 Å². The maximum atomic E-state index is 12.8.